The smallest absolute Gasteiger partial charge is 0.303 e. The third-order valence-corrected chi connectivity index (χ3v) is 7.13. The highest BCUT2D eigenvalue weighted by Crippen LogP contribution is 2.49. The summed E-state index contributed by atoms with van der Waals surface area (Å²) in [5.41, 5.74) is -0.272. The van der Waals surface area contributed by atoms with E-state index in [4.69, 9.17) is 5.11 Å². The van der Waals surface area contributed by atoms with Gasteiger partial charge in [-0.05, 0) is 68.6 Å². The van der Waals surface area contributed by atoms with Crippen LogP contribution in [0.1, 0.15) is 90.9 Å². The molecule has 0 aliphatic heterocycles. The number of nitrogens with zero attached hydrogens (tertiary/aromatic N) is 1. The van der Waals surface area contributed by atoms with Crippen LogP contribution in [-0.4, -0.2) is 11.1 Å². The predicted molar refractivity (Wildman–Crippen MR) is 96.4 cm³/mol. The molecule has 2 aliphatic carbocycles. The summed E-state index contributed by atoms with van der Waals surface area (Å²) in [7, 11) is 0. The van der Waals surface area contributed by atoms with Gasteiger partial charge in [0.15, 0.2) is 0 Å². The minimum Gasteiger partial charge on any atom is -0.481 e. The van der Waals surface area contributed by atoms with Gasteiger partial charge < -0.3 is 5.11 Å². The minimum atomic E-state index is -0.743. The van der Waals surface area contributed by atoms with Crippen molar-refractivity contribution in [2.75, 3.05) is 0 Å². The molecule has 24 heavy (non-hydrogen) atoms. The maximum absolute atomic E-state index is 10.8. The lowest BCUT2D eigenvalue weighted by Gasteiger charge is -2.43. The van der Waals surface area contributed by atoms with Gasteiger partial charge in [0.2, 0.25) is 0 Å². The highest BCUT2D eigenvalue weighted by atomic mass is 16.4. The number of aliphatic carboxylic acids is 1. The Balaban J connectivity index is 1.83. The summed E-state index contributed by atoms with van der Waals surface area (Å²) >= 11 is 0. The van der Waals surface area contributed by atoms with E-state index in [1.807, 2.05) is 0 Å². The number of nitriles is 1. The van der Waals surface area contributed by atoms with E-state index in [0.29, 0.717) is 6.42 Å². The van der Waals surface area contributed by atoms with Gasteiger partial charge in [0, 0.05) is 6.42 Å². The number of hydrogen-bond acceptors (Lipinski definition) is 2. The molecule has 2 aliphatic rings. The van der Waals surface area contributed by atoms with Crippen molar-refractivity contribution < 1.29 is 9.90 Å². The Kier molecular flexibility index (Phi) is 7.14. The van der Waals surface area contributed by atoms with Crippen LogP contribution >= 0.6 is 0 Å². The van der Waals surface area contributed by atoms with E-state index in [1.54, 1.807) is 0 Å². The SMILES string of the molecule is CCCC1CCC(C2CCC(C#N)(C(C)CCC(=O)O)CC2)CC1. The lowest BCUT2D eigenvalue weighted by atomic mass is 9.60. The normalized spacial score (nSPS) is 35.1. The molecule has 1 atom stereocenters. The molecule has 1 N–H and O–H groups in total. The van der Waals surface area contributed by atoms with Gasteiger partial charge in [-0.25, -0.2) is 0 Å². The first-order valence-electron chi connectivity index (χ1n) is 10.1. The zero-order chi connectivity index (χ0) is 17.6. The molecule has 3 heteroatoms. The Hall–Kier alpha value is -1.04. The molecule has 2 fully saturated rings. The van der Waals surface area contributed by atoms with Crippen LogP contribution in [0.25, 0.3) is 0 Å². The Labute approximate surface area is 147 Å². The van der Waals surface area contributed by atoms with E-state index in [2.05, 4.69) is 19.9 Å². The molecular formula is C21H35NO2. The Morgan fingerprint density at radius 1 is 1.17 bits per heavy atom. The van der Waals surface area contributed by atoms with Crippen molar-refractivity contribution in [3.63, 3.8) is 0 Å². The van der Waals surface area contributed by atoms with Crippen LogP contribution in [0, 0.1) is 40.4 Å². The van der Waals surface area contributed by atoms with Gasteiger partial charge in [-0.2, -0.15) is 5.26 Å². The van der Waals surface area contributed by atoms with Crippen LogP contribution in [0.2, 0.25) is 0 Å². The van der Waals surface area contributed by atoms with E-state index >= 15 is 0 Å². The van der Waals surface area contributed by atoms with Crippen molar-refractivity contribution in [3.05, 3.63) is 0 Å². The van der Waals surface area contributed by atoms with E-state index in [-0.39, 0.29) is 17.8 Å². The van der Waals surface area contributed by atoms with Gasteiger partial charge in [0.1, 0.15) is 0 Å². The summed E-state index contributed by atoms with van der Waals surface area (Å²) in [6.07, 6.45) is 13.4. The summed E-state index contributed by atoms with van der Waals surface area (Å²) in [5.74, 6) is 2.10. The average Bonchev–Trinajstić information content (AvgIpc) is 2.60. The number of rotatable bonds is 7. The van der Waals surface area contributed by atoms with Crippen molar-refractivity contribution in [2.24, 2.45) is 29.1 Å². The van der Waals surface area contributed by atoms with Gasteiger partial charge in [-0.15, -0.1) is 0 Å². The van der Waals surface area contributed by atoms with E-state index in [1.165, 1.54) is 51.4 Å². The molecule has 3 nitrogen and oxygen atoms in total. The average molecular weight is 334 g/mol. The number of carboxylic acid groups (broad SMARTS) is 1. The molecule has 0 amide bonds. The molecule has 2 rings (SSSR count). The van der Waals surface area contributed by atoms with Crippen molar-refractivity contribution in [3.8, 4) is 6.07 Å². The molecule has 0 aromatic heterocycles. The molecule has 0 bridgehead atoms. The third kappa shape index (κ3) is 4.74. The first-order chi connectivity index (χ1) is 11.5. The highest BCUT2D eigenvalue weighted by Gasteiger charge is 2.42. The second kappa shape index (κ2) is 8.88. The van der Waals surface area contributed by atoms with Gasteiger partial charge in [0.25, 0.3) is 0 Å². The number of carboxylic acids is 1. The largest absolute Gasteiger partial charge is 0.481 e. The Morgan fingerprint density at radius 3 is 2.25 bits per heavy atom. The second-order valence-electron chi connectivity index (χ2n) is 8.51. The summed E-state index contributed by atoms with van der Waals surface area (Å²) in [4.78, 5) is 10.8. The van der Waals surface area contributed by atoms with E-state index in [0.717, 1.165) is 30.6 Å². The number of hydrogen-bond donors (Lipinski definition) is 1. The van der Waals surface area contributed by atoms with E-state index < -0.39 is 5.97 Å². The maximum Gasteiger partial charge on any atom is 0.303 e. The summed E-state index contributed by atoms with van der Waals surface area (Å²) in [6.45, 7) is 4.38. The quantitative estimate of drug-likeness (QED) is 0.641. The fraction of sp³-hybridized carbons (Fsp3) is 0.905. The zero-order valence-corrected chi connectivity index (χ0v) is 15.6. The van der Waals surface area contributed by atoms with Crippen molar-refractivity contribution in [1.29, 1.82) is 5.26 Å². The molecule has 0 saturated heterocycles. The Morgan fingerprint density at radius 2 is 1.75 bits per heavy atom. The third-order valence-electron chi connectivity index (χ3n) is 7.13. The zero-order valence-electron chi connectivity index (χ0n) is 15.6. The summed E-state index contributed by atoms with van der Waals surface area (Å²) < 4.78 is 0. The number of carbonyl (C=O) groups is 1. The molecule has 1 unspecified atom stereocenters. The van der Waals surface area contributed by atoms with Gasteiger partial charge in [0.05, 0.1) is 11.5 Å². The van der Waals surface area contributed by atoms with Crippen LogP contribution in [0.4, 0.5) is 0 Å². The van der Waals surface area contributed by atoms with Crippen molar-refractivity contribution in [2.45, 2.75) is 90.9 Å². The van der Waals surface area contributed by atoms with Crippen LogP contribution in [-0.2, 0) is 4.79 Å². The van der Waals surface area contributed by atoms with Crippen molar-refractivity contribution in [1.82, 2.24) is 0 Å². The molecule has 0 spiro atoms. The monoisotopic (exact) mass is 333 g/mol. The van der Waals surface area contributed by atoms with Crippen LogP contribution < -0.4 is 0 Å². The fourth-order valence-electron chi connectivity index (χ4n) is 5.31. The summed E-state index contributed by atoms with van der Waals surface area (Å²) in [5, 5.41) is 18.7. The molecule has 0 aromatic carbocycles. The Bertz CT molecular complexity index is 437. The summed E-state index contributed by atoms with van der Waals surface area (Å²) in [6, 6.07) is 2.60. The topological polar surface area (TPSA) is 61.1 Å². The second-order valence-corrected chi connectivity index (χ2v) is 8.51. The van der Waals surface area contributed by atoms with Crippen LogP contribution in [0.15, 0.2) is 0 Å². The lowest BCUT2D eigenvalue weighted by Crippen LogP contribution is -2.35. The standard InChI is InChI=1S/C21H35NO2/c1-3-4-17-6-8-18(9-7-17)19-11-13-21(15-22,14-12-19)16(2)5-10-20(23)24/h16-19H,3-14H2,1-2H3,(H,23,24). The molecule has 0 radical (unpaired) electrons. The molecule has 0 aromatic rings. The lowest BCUT2D eigenvalue weighted by molar-refractivity contribution is -0.137. The van der Waals surface area contributed by atoms with Gasteiger partial charge >= 0.3 is 5.97 Å². The fourth-order valence-corrected chi connectivity index (χ4v) is 5.31. The maximum atomic E-state index is 10.8. The molecule has 2 saturated carbocycles. The molecule has 0 heterocycles. The highest BCUT2D eigenvalue weighted by molar-refractivity contribution is 5.66. The first-order valence-corrected chi connectivity index (χ1v) is 10.1. The molecular weight excluding hydrogens is 298 g/mol. The van der Waals surface area contributed by atoms with Crippen LogP contribution in [0.3, 0.4) is 0 Å². The van der Waals surface area contributed by atoms with E-state index in [9.17, 15) is 10.1 Å². The van der Waals surface area contributed by atoms with Gasteiger partial charge in [-0.3, -0.25) is 4.79 Å². The molecule has 136 valence electrons. The van der Waals surface area contributed by atoms with Gasteiger partial charge in [-0.1, -0.05) is 39.5 Å². The minimum absolute atomic E-state index is 0.190. The van der Waals surface area contributed by atoms with Crippen molar-refractivity contribution >= 4 is 5.97 Å². The first kappa shape index (κ1) is 19.3. The predicted octanol–water partition coefficient (Wildman–Crippen LogP) is 5.79. The van der Waals surface area contributed by atoms with Crippen LogP contribution in [0.5, 0.6) is 0 Å².